The van der Waals surface area contributed by atoms with Crippen LogP contribution in [-0.2, 0) is 20.0 Å². The average molecular weight is 579 g/mol. The first-order chi connectivity index (χ1) is 18.3. The predicted molar refractivity (Wildman–Crippen MR) is 150 cm³/mol. The van der Waals surface area contributed by atoms with E-state index in [-0.39, 0.29) is 35.2 Å². The van der Waals surface area contributed by atoms with Crippen LogP contribution in [0.3, 0.4) is 0 Å². The van der Waals surface area contributed by atoms with E-state index in [9.17, 15) is 21.9 Å². The number of sulfonamides is 2. The Morgan fingerprint density at radius 3 is 2.56 bits per heavy atom. The fraction of sp³-hybridized carbons (Fsp3) is 0.500. The highest BCUT2D eigenvalue weighted by Crippen LogP contribution is 2.34. The van der Waals surface area contributed by atoms with Crippen molar-refractivity contribution in [3.05, 3.63) is 48.0 Å². The third-order valence-electron chi connectivity index (χ3n) is 6.60. The van der Waals surface area contributed by atoms with Crippen molar-refractivity contribution < 1.29 is 31.4 Å². The Morgan fingerprint density at radius 2 is 1.92 bits per heavy atom. The van der Waals surface area contributed by atoms with Crippen LogP contribution in [0.4, 0.5) is 0 Å². The molecule has 1 N–H and O–H groups in total. The molecule has 0 aliphatic carbocycles. The quantitative estimate of drug-likeness (QED) is 0.479. The van der Waals surface area contributed by atoms with Crippen LogP contribution in [0.5, 0.6) is 11.5 Å². The molecule has 0 bridgehead atoms. The lowest BCUT2D eigenvalue weighted by Gasteiger charge is -2.37. The number of hydrogen-bond acceptors (Lipinski definition) is 7. The van der Waals surface area contributed by atoms with Gasteiger partial charge >= 0.3 is 0 Å². The summed E-state index contributed by atoms with van der Waals surface area (Å²) in [6.45, 7) is 7.19. The molecule has 0 saturated carbocycles. The molecule has 3 atom stereocenters. The maximum absolute atomic E-state index is 13.7. The third kappa shape index (κ3) is 7.13. The van der Waals surface area contributed by atoms with Gasteiger partial charge in [-0.3, -0.25) is 0 Å². The Kier molecular flexibility index (Phi) is 10.1. The van der Waals surface area contributed by atoms with Crippen LogP contribution in [0.25, 0.3) is 0 Å². The lowest BCUT2D eigenvalue weighted by atomic mass is 10.0. The fourth-order valence-electron chi connectivity index (χ4n) is 4.17. The normalized spacial score (nSPS) is 20.2. The van der Waals surface area contributed by atoms with Crippen molar-refractivity contribution in [3.63, 3.8) is 0 Å². The molecular weight excluding hydrogens is 540 g/mol. The molecule has 0 fully saturated rings. The second-order valence-electron chi connectivity index (χ2n) is 10.3. The molecule has 9 nitrogen and oxygen atoms in total. The van der Waals surface area contributed by atoms with Gasteiger partial charge in [-0.2, -0.15) is 8.61 Å². The van der Waals surface area contributed by atoms with Gasteiger partial charge in [0.1, 0.15) is 22.5 Å². The minimum atomic E-state index is -4.01. The van der Waals surface area contributed by atoms with Gasteiger partial charge in [0.15, 0.2) is 0 Å². The monoisotopic (exact) mass is 578 g/mol. The van der Waals surface area contributed by atoms with E-state index in [4.69, 9.17) is 9.47 Å². The first-order valence-electron chi connectivity index (χ1n) is 12.8. The molecule has 0 aromatic heterocycles. The van der Waals surface area contributed by atoms with Gasteiger partial charge in [0.2, 0.25) is 20.0 Å². The van der Waals surface area contributed by atoms with Gasteiger partial charge in [0.25, 0.3) is 0 Å². The molecule has 3 rings (SSSR count). The zero-order valence-corrected chi connectivity index (χ0v) is 24.9. The maximum Gasteiger partial charge on any atom is 0.247 e. The highest BCUT2D eigenvalue weighted by Gasteiger charge is 2.39. The molecule has 0 spiro atoms. The van der Waals surface area contributed by atoms with Crippen molar-refractivity contribution in [1.82, 2.24) is 8.61 Å². The summed E-state index contributed by atoms with van der Waals surface area (Å²) in [6, 6.07) is 10.2. The number of fused-ring (bicyclic) bond motifs is 1. The van der Waals surface area contributed by atoms with Crippen LogP contribution in [0.1, 0.15) is 39.7 Å². The van der Waals surface area contributed by atoms with Gasteiger partial charge in [-0.05, 0) is 43.2 Å². The average Bonchev–Trinajstić information content (AvgIpc) is 2.89. The van der Waals surface area contributed by atoms with Crippen molar-refractivity contribution >= 4 is 20.0 Å². The van der Waals surface area contributed by atoms with Gasteiger partial charge in [0.05, 0.1) is 25.2 Å². The van der Waals surface area contributed by atoms with E-state index in [2.05, 4.69) is 25.7 Å². The largest absolute Gasteiger partial charge is 0.497 e. The second kappa shape index (κ2) is 12.7. The lowest BCUT2D eigenvalue weighted by molar-refractivity contribution is 0.0904. The summed E-state index contributed by atoms with van der Waals surface area (Å²) in [7, 11) is -4.99. The smallest absolute Gasteiger partial charge is 0.247 e. The minimum Gasteiger partial charge on any atom is -0.497 e. The van der Waals surface area contributed by atoms with Gasteiger partial charge in [-0.15, -0.1) is 0 Å². The highest BCUT2D eigenvalue weighted by atomic mass is 32.2. The number of nitrogens with zero attached hydrogens (tertiary/aromatic N) is 2. The van der Waals surface area contributed by atoms with Crippen LogP contribution < -0.4 is 9.47 Å². The number of likely N-dealkylation sites (N-methyl/N-ethyl adjacent to an activating group) is 1. The summed E-state index contributed by atoms with van der Waals surface area (Å²) >= 11 is 0. The van der Waals surface area contributed by atoms with Crippen LogP contribution in [0, 0.1) is 23.7 Å². The van der Waals surface area contributed by atoms with Gasteiger partial charge < -0.3 is 14.6 Å². The Balaban J connectivity index is 2.04. The fourth-order valence-corrected chi connectivity index (χ4v) is 7.22. The van der Waals surface area contributed by atoms with E-state index in [1.165, 1.54) is 41.0 Å². The Hall–Kier alpha value is -2.62. The van der Waals surface area contributed by atoms with Gasteiger partial charge in [0, 0.05) is 43.6 Å². The molecule has 11 heteroatoms. The lowest BCUT2D eigenvalue weighted by Crippen LogP contribution is -2.50. The minimum absolute atomic E-state index is 0.0369. The zero-order valence-electron chi connectivity index (χ0n) is 23.3. The van der Waals surface area contributed by atoms with Crippen LogP contribution in [0.2, 0.25) is 0 Å². The van der Waals surface area contributed by atoms with E-state index in [0.29, 0.717) is 23.7 Å². The predicted octanol–water partition coefficient (Wildman–Crippen LogP) is 3.18. The molecule has 2 aromatic rings. The van der Waals surface area contributed by atoms with E-state index in [1.54, 1.807) is 38.1 Å². The topological polar surface area (TPSA) is 113 Å². The summed E-state index contributed by atoms with van der Waals surface area (Å²) in [5.74, 6) is 6.65. The van der Waals surface area contributed by atoms with E-state index < -0.39 is 38.1 Å². The third-order valence-corrected chi connectivity index (χ3v) is 10.4. The van der Waals surface area contributed by atoms with E-state index >= 15 is 0 Å². The second-order valence-corrected chi connectivity index (χ2v) is 14.2. The number of ether oxygens (including phenoxy) is 2. The molecule has 0 saturated heterocycles. The van der Waals surface area contributed by atoms with Crippen molar-refractivity contribution in [1.29, 1.82) is 0 Å². The Morgan fingerprint density at radius 1 is 1.21 bits per heavy atom. The number of rotatable bonds is 8. The molecule has 2 aromatic carbocycles. The summed E-state index contributed by atoms with van der Waals surface area (Å²) in [5.41, 5.74) is 0.593. The molecule has 39 heavy (non-hydrogen) atoms. The summed E-state index contributed by atoms with van der Waals surface area (Å²) in [5, 5.41) is 9.84. The number of benzene rings is 2. The number of methoxy groups -OCH3 is 1. The molecule has 0 radical (unpaired) electrons. The Labute approximate surface area is 232 Å². The van der Waals surface area contributed by atoms with Crippen molar-refractivity contribution in [2.24, 2.45) is 11.8 Å². The van der Waals surface area contributed by atoms with Crippen molar-refractivity contribution in [3.8, 4) is 23.3 Å². The summed E-state index contributed by atoms with van der Waals surface area (Å²) in [6.07, 6.45) is -0.0122. The molecule has 1 aliphatic heterocycles. The standard InChI is InChI=1S/C28H38N2O7S2/c1-20(2)9-7-10-23-13-14-28-26(15-23)37-27(21(3)17-30(22(4)19-31)39(28,34)35)18-29(5)38(32,33)25-12-8-11-24(16-25)36-6/h8,11-16,20-22,27,31H,9,17-19H2,1-6H3/t21-,22+,27+/m1/s1. The molecular formula is C28H38N2O7S2. The van der Waals surface area contributed by atoms with Crippen molar-refractivity contribution in [2.75, 3.05) is 33.9 Å². The van der Waals surface area contributed by atoms with E-state index in [1.807, 2.05) is 0 Å². The zero-order chi connectivity index (χ0) is 29.0. The van der Waals surface area contributed by atoms with Crippen molar-refractivity contribution in [2.45, 2.75) is 56.1 Å². The maximum atomic E-state index is 13.7. The summed E-state index contributed by atoms with van der Waals surface area (Å²) in [4.78, 5) is 0.0245. The molecule has 1 aliphatic rings. The van der Waals surface area contributed by atoms with Crippen LogP contribution in [-0.4, -0.2) is 76.6 Å². The van der Waals surface area contributed by atoms with Crippen LogP contribution in [0.15, 0.2) is 52.3 Å². The molecule has 214 valence electrons. The SMILES string of the molecule is COc1cccc(S(=O)(=O)N(C)C[C@@H]2Oc3cc(C#CCC(C)C)ccc3S(=O)(=O)N([C@@H](C)CO)C[C@H]2C)c1. The number of hydrogen-bond donors (Lipinski definition) is 1. The molecule has 0 unspecified atom stereocenters. The van der Waals surface area contributed by atoms with Gasteiger partial charge in [-0.1, -0.05) is 38.7 Å². The number of aliphatic hydroxyl groups excluding tert-OH is 1. The Bertz CT molecular complexity index is 1430. The van der Waals surface area contributed by atoms with Crippen LogP contribution >= 0.6 is 0 Å². The molecule has 1 heterocycles. The summed E-state index contributed by atoms with van der Waals surface area (Å²) < 4.78 is 68.0. The van der Waals surface area contributed by atoms with Gasteiger partial charge in [-0.25, -0.2) is 16.8 Å². The molecule has 0 amide bonds. The highest BCUT2D eigenvalue weighted by molar-refractivity contribution is 7.89. The van der Waals surface area contributed by atoms with E-state index in [0.717, 1.165) is 0 Å². The first kappa shape index (κ1) is 30.9. The first-order valence-corrected chi connectivity index (χ1v) is 15.7. The number of aliphatic hydroxyl groups is 1.